The van der Waals surface area contributed by atoms with Gasteiger partial charge in [0.25, 0.3) is 0 Å². The standard InChI is InChI=1S/C52H35NS/c1-3-12-36(13-4-1)38-22-24-42(25-23-38)51-48(34-35-50-52(51)47-19-9-10-21-49(47)54-50)53(43-30-26-39(27-31-43)37-14-5-2-6-15-37)44-32-28-41(29-33-44)46-20-11-17-40-16-7-8-18-45(40)46/h1-35H. The Kier molecular flexibility index (Phi) is 8.09. The van der Waals surface area contributed by atoms with Crippen LogP contribution in [0.3, 0.4) is 0 Å². The fourth-order valence-electron chi connectivity index (χ4n) is 7.87. The molecular formula is C52H35NS. The number of benzene rings is 9. The second-order valence-electron chi connectivity index (χ2n) is 13.7. The minimum atomic E-state index is 1.10. The normalized spacial score (nSPS) is 11.3. The van der Waals surface area contributed by atoms with Crippen LogP contribution in [0.15, 0.2) is 212 Å². The Balaban J connectivity index is 1.18. The Hall–Kier alpha value is -6.74. The Morgan fingerprint density at radius 1 is 0.315 bits per heavy atom. The zero-order chi connectivity index (χ0) is 35.8. The van der Waals surface area contributed by atoms with Crippen molar-refractivity contribution in [1.29, 1.82) is 0 Å². The third kappa shape index (κ3) is 5.74. The molecule has 0 aliphatic rings. The number of fused-ring (bicyclic) bond motifs is 4. The molecule has 0 bridgehead atoms. The predicted octanol–water partition coefficient (Wildman–Crippen LogP) is 15.3. The summed E-state index contributed by atoms with van der Waals surface area (Å²) < 4.78 is 2.58. The lowest BCUT2D eigenvalue weighted by atomic mass is 9.94. The van der Waals surface area contributed by atoms with E-state index < -0.39 is 0 Å². The maximum Gasteiger partial charge on any atom is 0.0547 e. The van der Waals surface area contributed by atoms with Gasteiger partial charge in [0, 0.05) is 37.1 Å². The minimum Gasteiger partial charge on any atom is -0.310 e. The van der Waals surface area contributed by atoms with Gasteiger partial charge in [-0.05, 0) is 92.2 Å². The molecule has 0 saturated carbocycles. The van der Waals surface area contributed by atoms with Crippen molar-refractivity contribution in [1.82, 2.24) is 0 Å². The molecule has 0 aliphatic heterocycles. The molecule has 10 rings (SSSR count). The van der Waals surface area contributed by atoms with Gasteiger partial charge < -0.3 is 4.90 Å². The van der Waals surface area contributed by atoms with Crippen molar-refractivity contribution < 1.29 is 0 Å². The van der Waals surface area contributed by atoms with Crippen LogP contribution in [-0.2, 0) is 0 Å². The van der Waals surface area contributed by atoms with E-state index in [9.17, 15) is 0 Å². The third-order valence-corrected chi connectivity index (χ3v) is 11.6. The quantitative estimate of drug-likeness (QED) is 0.160. The largest absolute Gasteiger partial charge is 0.310 e. The highest BCUT2D eigenvalue weighted by atomic mass is 32.1. The van der Waals surface area contributed by atoms with E-state index in [1.165, 1.54) is 75.5 Å². The Bertz CT molecular complexity index is 2880. The molecule has 0 unspecified atom stereocenters. The van der Waals surface area contributed by atoms with Gasteiger partial charge in [0.15, 0.2) is 0 Å². The number of hydrogen-bond acceptors (Lipinski definition) is 2. The number of anilines is 3. The van der Waals surface area contributed by atoms with Crippen LogP contribution in [-0.4, -0.2) is 0 Å². The SMILES string of the molecule is c1ccc(-c2ccc(-c3c(N(c4ccc(-c5ccccc5)cc4)c4ccc(-c5cccc6ccccc56)cc4)ccc4sc5ccccc5c34)cc2)cc1. The summed E-state index contributed by atoms with van der Waals surface area (Å²) in [5.41, 5.74) is 13.0. The molecule has 0 aliphatic carbocycles. The van der Waals surface area contributed by atoms with E-state index in [1.807, 2.05) is 11.3 Å². The summed E-state index contributed by atoms with van der Waals surface area (Å²) in [7, 11) is 0. The maximum absolute atomic E-state index is 2.44. The van der Waals surface area contributed by atoms with E-state index in [0.717, 1.165) is 17.1 Å². The smallest absolute Gasteiger partial charge is 0.0547 e. The molecule has 0 saturated heterocycles. The molecule has 0 amide bonds. The van der Waals surface area contributed by atoms with E-state index in [4.69, 9.17) is 0 Å². The molecule has 1 nitrogen and oxygen atoms in total. The number of hydrogen-bond donors (Lipinski definition) is 0. The van der Waals surface area contributed by atoms with Gasteiger partial charge in [-0.15, -0.1) is 11.3 Å². The summed E-state index contributed by atoms with van der Waals surface area (Å²) in [4.78, 5) is 2.44. The van der Waals surface area contributed by atoms with Crippen molar-refractivity contribution in [2.24, 2.45) is 0 Å². The Morgan fingerprint density at radius 2 is 0.815 bits per heavy atom. The number of rotatable bonds is 7. The second-order valence-corrected chi connectivity index (χ2v) is 14.8. The summed E-state index contributed by atoms with van der Waals surface area (Å²) in [5, 5.41) is 5.08. The van der Waals surface area contributed by atoms with Crippen LogP contribution in [0.1, 0.15) is 0 Å². The zero-order valence-electron chi connectivity index (χ0n) is 29.6. The van der Waals surface area contributed by atoms with E-state index in [0.29, 0.717) is 0 Å². The summed E-state index contributed by atoms with van der Waals surface area (Å²) in [6.45, 7) is 0. The van der Waals surface area contributed by atoms with Crippen molar-refractivity contribution in [3.63, 3.8) is 0 Å². The average molecular weight is 706 g/mol. The molecule has 0 fully saturated rings. The van der Waals surface area contributed by atoms with Gasteiger partial charge in [-0.3, -0.25) is 0 Å². The molecule has 0 radical (unpaired) electrons. The van der Waals surface area contributed by atoms with Gasteiger partial charge in [-0.1, -0.05) is 170 Å². The first kappa shape index (κ1) is 32.0. The first-order chi connectivity index (χ1) is 26.8. The molecule has 54 heavy (non-hydrogen) atoms. The molecule has 2 heteroatoms. The predicted molar refractivity (Wildman–Crippen MR) is 233 cm³/mol. The lowest BCUT2D eigenvalue weighted by molar-refractivity contribution is 1.29. The molecule has 254 valence electrons. The van der Waals surface area contributed by atoms with Crippen LogP contribution < -0.4 is 4.90 Å². The van der Waals surface area contributed by atoms with Crippen LogP contribution in [0.25, 0.3) is 75.5 Å². The van der Waals surface area contributed by atoms with Crippen molar-refractivity contribution >= 4 is 59.3 Å². The van der Waals surface area contributed by atoms with Gasteiger partial charge >= 0.3 is 0 Å². The van der Waals surface area contributed by atoms with Crippen LogP contribution in [0.2, 0.25) is 0 Å². The summed E-state index contributed by atoms with van der Waals surface area (Å²) in [6.07, 6.45) is 0. The molecule has 1 heterocycles. The van der Waals surface area contributed by atoms with Gasteiger partial charge in [0.2, 0.25) is 0 Å². The lowest BCUT2D eigenvalue weighted by Gasteiger charge is -2.29. The molecular weight excluding hydrogens is 671 g/mol. The fraction of sp³-hybridized carbons (Fsp3) is 0. The Labute approximate surface area is 319 Å². The van der Waals surface area contributed by atoms with Crippen molar-refractivity contribution in [2.45, 2.75) is 0 Å². The monoisotopic (exact) mass is 705 g/mol. The fourth-order valence-corrected chi connectivity index (χ4v) is 8.99. The van der Waals surface area contributed by atoms with Crippen molar-refractivity contribution in [3.05, 3.63) is 212 Å². The van der Waals surface area contributed by atoms with E-state index >= 15 is 0 Å². The summed E-state index contributed by atoms with van der Waals surface area (Å²) >= 11 is 1.86. The second kappa shape index (κ2) is 13.7. The lowest BCUT2D eigenvalue weighted by Crippen LogP contribution is -2.11. The van der Waals surface area contributed by atoms with Crippen LogP contribution >= 0.6 is 11.3 Å². The zero-order valence-corrected chi connectivity index (χ0v) is 30.4. The molecule has 9 aromatic carbocycles. The number of nitrogens with zero attached hydrogens (tertiary/aromatic N) is 1. The van der Waals surface area contributed by atoms with Gasteiger partial charge in [0.1, 0.15) is 0 Å². The molecule has 1 aromatic heterocycles. The Morgan fingerprint density at radius 3 is 1.48 bits per heavy atom. The van der Waals surface area contributed by atoms with E-state index in [2.05, 4.69) is 217 Å². The molecule has 0 atom stereocenters. The van der Waals surface area contributed by atoms with E-state index in [-0.39, 0.29) is 0 Å². The molecule has 0 N–H and O–H groups in total. The first-order valence-electron chi connectivity index (χ1n) is 18.4. The van der Waals surface area contributed by atoms with Crippen LogP contribution in [0.4, 0.5) is 17.1 Å². The highest BCUT2D eigenvalue weighted by Gasteiger charge is 2.22. The number of thiophene rings is 1. The average Bonchev–Trinajstić information content (AvgIpc) is 3.64. The van der Waals surface area contributed by atoms with Crippen LogP contribution in [0, 0.1) is 0 Å². The highest BCUT2D eigenvalue weighted by molar-refractivity contribution is 7.26. The minimum absolute atomic E-state index is 1.10. The third-order valence-electron chi connectivity index (χ3n) is 10.5. The molecule has 10 aromatic rings. The van der Waals surface area contributed by atoms with Gasteiger partial charge in [0.05, 0.1) is 5.69 Å². The first-order valence-corrected chi connectivity index (χ1v) is 19.2. The van der Waals surface area contributed by atoms with Crippen LogP contribution in [0.5, 0.6) is 0 Å². The summed E-state index contributed by atoms with van der Waals surface area (Å²) in [5.74, 6) is 0. The topological polar surface area (TPSA) is 3.24 Å². The van der Waals surface area contributed by atoms with E-state index in [1.54, 1.807) is 0 Å². The van der Waals surface area contributed by atoms with Crippen molar-refractivity contribution in [3.8, 4) is 44.5 Å². The van der Waals surface area contributed by atoms with Gasteiger partial charge in [-0.25, -0.2) is 0 Å². The van der Waals surface area contributed by atoms with Gasteiger partial charge in [-0.2, -0.15) is 0 Å². The highest BCUT2D eigenvalue weighted by Crippen LogP contribution is 2.49. The molecule has 0 spiro atoms. The summed E-state index contributed by atoms with van der Waals surface area (Å²) in [6, 6.07) is 77.2. The van der Waals surface area contributed by atoms with Crippen molar-refractivity contribution in [2.75, 3.05) is 4.90 Å². The maximum atomic E-state index is 2.44.